The molecular formula is C34H43N7O6. The Hall–Kier alpha value is -4.07. The van der Waals surface area contributed by atoms with Crippen LogP contribution in [0, 0.1) is 18.8 Å². The monoisotopic (exact) mass is 645 g/mol. The van der Waals surface area contributed by atoms with Crippen molar-refractivity contribution in [1.29, 1.82) is 0 Å². The second-order valence-electron chi connectivity index (χ2n) is 13.2. The predicted octanol–water partition coefficient (Wildman–Crippen LogP) is 2.51. The Balaban J connectivity index is 0.919. The van der Waals surface area contributed by atoms with E-state index in [2.05, 4.69) is 42.5 Å². The van der Waals surface area contributed by atoms with Gasteiger partial charge in [0.1, 0.15) is 29.7 Å². The zero-order valence-electron chi connectivity index (χ0n) is 26.8. The van der Waals surface area contributed by atoms with Gasteiger partial charge in [0.25, 0.3) is 5.91 Å². The van der Waals surface area contributed by atoms with Gasteiger partial charge in [-0.15, -0.1) is 0 Å². The summed E-state index contributed by atoms with van der Waals surface area (Å²) in [5.41, 5.74) is 3.49. The van der Waals surface area contributed by atoms with Crippen molar-refractivity contribution in [2.45, 2.75) is 64.3 Å². The highest BCUT2D eigenvalue weighted by atomic mass is 16.5. The third-order valence-corrected chi connectivity index (χ3v) is 9.55. The Kier molecular flexibility index (Phi) is 9.37. The summed E-state index contributed by atoms with van der Waals surface area (Å²) in [6.45, 7) is 6.77. The Morgan fingerprint density at radius 2 is 1.87 bits per heavy atom. The number of carbonyl (C=O) groups is 2. The number of Topliss-reactive ketones (excluding diaryl/α,β-unsaturated/α-hetero) is 1. The average Bonchev–Trinajstić information content (AvgIpc) is 3.84. The molecule has 47 heavy (non-hydrogen) atoms. The van der Waals surface area contributed by atoms with Crippen LogP contribution in [0.4, 0.5) is 11.8 Å². The summed E-state index contributed by atoms with van der Waals surface area (Å²) < 4.78 is 16.6. The molecule has 5 heterocycles. The van der Waals surface area contributed by atoms with Crippen LogP contribution in [0.15, 0.2) is 35.1 Å². The molecule has 0 unspecified atom stereocenters. The van der Waals surface area contributed by atoms with Crippen LogP contribution in [-0.4, -0.2) is 94.7 Å². The van der Waals surface area contributed by atoms with Crippen molar-refractivity contribution in [3.63, 3.8) is 0 Å². The molecule has 2 saturated heterocycles. The summed E-state index contributed by atoms with van der Waals surface area (Å²) in [5.74, 6) is 2.97. The van der Waals surface area contributed by atoms with Gasteiger partial charge in [0.15, 0.2) is 12.2 Å². The first-order chi connectivity index (χ1) is 22.9. The number of carbonyl (C=O) groups excluding carboxylic acids is 2. The number of amides is 1. The highest BCUT2D eigenvalue weighted by Gasteiger charge is 2.36. The smallest absolute Gasteiger partial charge is 0.270 e. The van der Waals surface area contributed by atoms with Gasteiger partial charge in [-0.05, 0) is 62.3 Å². The largest absolute Gasteiger partial charge is 0.486 e. The van der Waals surface area contributed by atoms with E-state index in [-0.39, 0.29) is 36.0 Å². The van der Waals surface area contributed by atoms with Crippen molar-refractivity contribution in [1.82, 2.24) is 25.2 Å². The second kappa shape index (κ2) is 14.0. The van der Waals surface area contributed by atoms with E-state index in [1.165, 1.54) is 17.5 Å². The lowest BCUT2D eigenvalue weighted by Crippen LogP contribution is -2.42. The lowest BCUT2D eigenvalue weighted by molar-refractivity contribution is -0.124. The number of rotatable bonds is 13. The van der Waals surface area contributed by atoms with E-state index in [1.807, 2.05) is 13.0 Å². The van der Waals surface area contributed by atoms with Crippen LogP contribution in [0.25, 0.3) is 0 Å². The number of fused-ring (bicyclic) bond motifs is 1. The molecule has 3 aromatic rings. The minimum Gasteiger partial charge on any atom is -0.486 e. The highest BCUT2D eigenvalue weighted by molar-refractivity contribution is 5.93. The van der Waals surface area contributed by atoms with Crippen molar-refractivity contribution in [3.05, 3.63) is 58.9 Å². The van der Waals surface area contributed by atoms with Gasteiger partial charge in [0.2, 0.25) is 5.95 Å². The zero-order valence-corrected chi connectivity index (χ0v) is 26.8. The van der Waals surface area contributed by atoms with Gasteiger partial charge in [-0.3, -0.25) is 14.5 Å². The molecule has 1 aliphatic carbocycles. The number of hydrogen-bond acceptors (Lipinski definition) is 12. The quantitative estimate of drug-likeness (QED) is 0.250. The number of aromatic nitrogens is 3. The molecule has 1 aromatic carbocycles. The number of β-amino-alcohol motifs (C(OH)–C–C–N with tert-alkyl or cyclic N) is 1. The summed E-state index contributed by atoms with van der Waals surface area (Å²) in [6.07, 6.45) is 5.13. The maximum Gasteiger partial charge on any atom is 0.270 e. The van der Waals surface area contributed by atoms with Crippen molar-refractivity contribution in [2.75, 3.05) is 56.2 Å². The van der Waals surface area contributed by atoms with Crippen molar-refractivity contribution in [2.24, 2.45) is 11.8 Å². The van der Waals surface area contributed by atoms with Crippen LogP contribution in [-0.2, 0) is 29.1 Å². The summed E-state index contributed by atoms with van der Waals surface area (Å²) in [6, 6.07) is 7.88. The SMILES string of the molecule is Cc1ncoc1COc1ccc2c(c1)CCN(C[C@@H](O)CNC(=O)c1cc(NC3COC3)nc(N3CCC(C(=O)C4CC4)CC3)n1)C2. The second-order valence-corrected chi connectivity index (χ2v) is 13.2. The fourth-order valence-corrected chi connectivity index (χ4v) is 6.47. The third-order valence-electron chi connectivity index (χ3n) is 9.55. The molecule has 0 bridgehead atoms. The molecule has 3 N–H and O–H groups in total. The van der Waals surface area contributed by atoms with E-state index in [9.17, 15) is 14.7 Å². The number of benzene rings is 1. The van der Waals surface area contributed by atoms with Gasteiger partial charge in [-0.1, -0.05) is 6.07 Å². The Labute approximate surface area is 274 Å². The molecule has 3 fully saturated rings. The van der Waals surface area contributed by atoms with E-state index in [0.29, 0.717) is 69.3 Å². The Morgan fingerprint density at radius 1 is 1.06 bits per heavy atom. The van der Waals surface area contributed by atoms with Gasteiger partial charge in [0, 0.05) is 57.2 Å². The number of oxazole rings is 1. The average molecular weight is 646 g/mol. The van der Waals surface area contributed by atoms with Gasteiger partial charge in [-0.25, -0.2) is 9.97 Å². The number of nitrogens with one attached hydrogen (secondary N) is 2. The molecule has 1 saturated carbocycles. The van der Waals surface area contributed by atoms with Gasteiger partial charge < -0.3 is 34.5 Å². The standard InChI is InChI=1S/C34H43N7O6/c1-21-30(47-20-36-21)19-46-28-5-4-25-15-40(9-6-24(25)12-28)16-27(42)14-35-33(44)29-13-31(37-26-17-45-18-26)39-34(38-29)41-10-7-23(8-11-41)32(43)22-2-3-22/h4-5,12-13,20,22-23,26-27,42H,2-3,6-11,14-19H2,1H3,(H,35,44)(H,37,38,39)/t27-/m0/s1. The number of nitrogens with zero attached hydrogens (tertiary/aromatic N) is 5. The van der Waals surface area contributed by atoms with Gasteiger partial charge in [-0.2, -0.15) is 4.98 Å². The lowest BCUT2D eigenvalue weighted by atomic mass is 9.90. The van der Waals surface area contributed by atoms with E-state index in [1.54, 1.807) is 6.07 Å². The number of ether oxygens (including phenoxy) is 2. The fraction of sp³-hybridized carbons (Fsp3) is 0.559. The Morgan fingerprint density at radius 3 is 2.60 bits per heavy atom. The summed E-state index contributed by atoms with van der Waals surface area (Å²) >= 11 is 0. The normalized spacial score (nSPS) is 19.5. The molecule has 1 amide bonds. The number of ketones is 1. The number of piperidine rings is 1. The molecule has 13 heteroatoms. The van der Waals surface area contributed by atoms with E-state index < -0.39 is 6.10 Å². The minimum atomic E-state index is -0.748. The summed E-state index contributed by atoms with van der Waals surface area (Å²) in [5, 5.41) is 17.1. The van der Waals surface area contributed by atoms with Crippen LogP contribution in [0.1, 0.15) is 58.8 Å². The predicted molar refractivity (Wildman–Crippen MR) is 172 cm³/mol. The van der Waals surface area contributed by atoms with Crippen LogP contribution in [0.3, 0.4) is 0 Å². The summed E-state index contributed by atoms with van der Waals surface area (Å²) in [7, 11) is 0. The maximum absolute atomic E-state index is 13.3. The molecule has 4 aliphatic rings. The van der Waals surface area contributed by atoms with Crippen molar-refractivity contribution >= 4 is 23.5 Å². The minimum absolute atomic E-state index is 0.100. The first-order valence-electron chi connectivity index (χ1n) is 16.7. The Bertz CT molecular complexity index is 1580. The highest BCUT2D eigenvalue weighted by Crippen LogP contribution is 2.36. The number of aliphatic hydroxyl groups excluding tert-OH is 1. The summed E-state index contributed by atoms with van der Waals surface area (Å²) in [4.78, 5) is 43.6. The van der Waals surface area contributed by atoms with Crippen LogP contribution in [0.2, 0.25) is 0 Å². The number of aliphatic hydroxyl groups is 1. The first-order valence-corrected chi connectivity index (χ1v) is 16.7. The molecule has 7 rings (SSSR count). The van der Waals surface area contributed by atoms with Crippen LogP contribution in [0.5, 0.6) is 5.75 Å². The molecule has 0 spiro atoms. The topological polar surface area (TPSA) is 155 Å². The van der Waals surface area contributed by atoms with E-state index in [4.69, 9.17) is 18.9 Å². The molecule has 13 nitrogen and oxygen atoms in total. The molecule has 250 valence electrons. The van der Waals surface area contributed by atoms with Crippen LogP contribution >= 0.6 is 0 Å². The molecule has 0 radical (unpaired) electrons. The molecule has 3 aliphatic heterocycles. The van der Waals surface area contributed by atoms with Gasteiger partial charge in [0.05, 0.1) is 31.1 Å². The van der Waals surface area contributed by atoms with E-state index >= 15 is 0 Å². The third kappa shape index (κ3) is 7.74. The van der Waals surface area contributed by atoms with E-state index in [0.717, 1.165) is 50.1 Å². The lowest BCUT2D eigenvalue weighted by Gasteiger charge is -2.32. The molecule has 2 aromatic heterocycles. The van der Waals surface area contributed by atoms with Gasteiger partial charge >= 0.3 is 0 Å². The van der Waals surface area contributed by atoms with Crippen LogP contribution < -0.4 is 20.3 Å². The zero-order chi connectivity index (χ0) is 32.3. The van der Waals surface area contributed by atoms with Crippen molar-refractivity contribution in [3.8, 4) is 5.75 Å². The number of anilines is 2. The maximum atomic E-state index is 13.3. The van der Waals surface area contributed by atoms with Crippen molar-refractivity contribution < 1.29 is 28.6 Å². The number of aryl methyl sites for hydroxylation is 1. The first kappa shape index (κ1) is 31.5. The fourth-order valence-electron chi connectivity index (χ4n) is 6.47. The number of hydrogen-bond donors (Lipinski definition) is 3. The molecule has 1 atom stereocenters. The molecular weight excluding hydrogens is 602 g/mol.